The van der Waals surface area contributed by atoms with E-state index < -0.39 is 0 Å². The number of hydrogen-bond acceptors (Lipinski definition) is 3. The van der Waals surface area contributed by atoms with Crippen molar-refractivity contribution in [2.24, 2.45) is 0 Å². The van der Waals surface area contributed by atoms with Gasteiger partial charge in [-0.25, -0.2) is 0 Å². The molecule has 1 N–H and O–H groups in total. The monoisotopic (exact) mass is 262 g/mol. The Bertz CT molecular complexity index is 407. The van der Waals surface area contributed by atoms with Crippen LogP contribution in [0.25, 0.3) is 0 Å². The fourth-order valence-corrected chi connectivity index (χ4v) is 3.11. The molecular weight excluding hydrogens is 236 g/mol. The van der Waals surface area contributed by atoms with E-state index in [-0.39, 0.29) is 0 Å². The van der Waals surface area contributed by atoms with E-state index in [1.807, 2.05) is 12.1 Å². The topological polar surface area (TPSA) is 26.7 Å². The molecule has 2 rings (SSSR count). The minimum atomic E-state index is 0.364. The molecule has 2 unspecified atom stereocenters. The van der Waals surface area contributed by atoms with Crippen LogP contribution in [0.3, 0.4) is 0 Å². The lowest BCUT2D eigenvalue weighted by Gasteiger charge is -2.35. The molecule has 1 fully saturated rings. The summed E-state index contributed by atoms with van der Waals surface area (Å²) in [6.07, 6.45) is 2.39. The SMILES string of the molecule is CCC1CN(C)CCCN1C(C)c1cccc(O)c1. The zero-order valence-electron chi connectivity index (χ0n) is 12.3. The van der Waals surface area contributed by atoms with Crippen molar-refractivity contribution in [1.29, 1.82) is 0 Å². The maximum Gasteiger partial charge on any atom is 0.115 e. The lowest BCUT2D eigenvalue weighted by molar-refractivity contribution is 0.137. The Kier molecular flexibility index (Phi) is 4.83. The number of phenolic OH excluding ortho intramolecular Hbond substituents is 1. The van der Waals surface area contributed by atoms with Crippen LogP contribution in [0.4, 0.5) is 0 Å². The minimum Gasteiger partial charge on any atom is -0.508 e. The molecule has 0 spiro atoms. The quantitative estimate of drug-likeness (QED) is 0.907. The Morgan fingerprint density at radius 1 is 1.37 bits per heavy atom. The number of hydrogen-bond donors (Lipinski definition) is 1. The molecule has 3 heteroatoms. The third kappa shape index (κ3) is 3.48. The lowest BCUT2D eigenvalue weighted by atomic mass is 10.0. The molecule has 1 aliphatic rings. The maximum absolute atomic E-state index is 9.65. The van der Waals surface area contributed by atoms with Crippen molar-refractivity contribution < 1.29 is 5.11 Å². The third-order valence-corrected chi connectivity index (χ3v) is 4.27. The van der Waals surface area contributed by atoms with E-state index in [0.29, 0.717) is 17.8 Å². The molecule has 0 saturated carbocycles. The van der Waals surface area contributed by atoms with Crippen LogP contribution < -0.4 is 0 Å². The first-order chi connectivity index (χ1) is 9.11. The van der Waals surface area contributed by atoms with Crippen LogP contribution in [0.1, 0.15) is 38.3 Å². The normalized spacial score (nSPS) is 24.1. The van der Waals surface area contributed by atoms with Gasteiger partial charge in [-0.15, -0.1) is 0 Å². The number of nitrogens with zero attached hydrogens (tertiary/aromatic N) is 2. The molecular formula is C16H26N2O. The average molecular weight is 262 g/mol. The van der Waals surface area contributed by atoms with Crippen LogP contribution in [0, 0.1) is 0 Å². The summed E-state index contributed by atoms with van der Waals surface area (Å²) in [7, 11) is 2.21. The molecule has 2 atom stereocenters. The van der Waals surface area contributed by atoms with Crippen molar-refractivity contribution in [3.8, 4) is 5.75 Å². The van der Waals surface area contributed by atoms with Gasteiger partial charge in [0, 0.05) is 25.2 Å². The highest BCUT2D eigenvalue weighted by molar-refractivity contribution is 5.29. The Morgan fingerprint density at radius 3 is 2.84 bits per heavy atom. The van der Waals surface area contributed by atoms with Gasteiger partial charge < -0.3 is 10.0 Å². The first-order valence-electron chi connectivity index (χ1n) is 7.35. The summed E-state index contributed by atoms with van der Waals surface area (Å²) in [6, 6.07) is 8.65. The second kappa shape index (κ2) is 6.40. The van der Waals surface area contributed by atoms with Gasteiger partial charge in [0.25, 0.3) is 0 Å². The Balaban J connectivity index is 2.17. The molecule has 19 heavy (non-hydrogen) atoms. The van der Waals surface area contributed by atoms with Gasteiger partial charge in [-0.3, -0.25) is 4.90 Å². The molecule has 1 aliphatic heterocycles. The van der Waals surface area contributed by atoms with Crippen LogP contribution in [0.2, 0.25) is 0 Å². The summed E-state index contributed by atoms with van der Waals surface area (Å²) in [4.78, 5) is 5.03. The van der Waals surface area contributed by atoms with E-state index in [1.165, 1.54) is 24.9 Å². The van der Waals surface area contributed by atoms with E-state index >= 15 is 0 Å². The molecule has 0 radical (unpaired) electrons. The van der Waals surface area contributed by atoms with E-state index in [2.05, 4.69) is 36.8 Å². The Morgan fingerprint density at radius 2 is 2.16 bits per heavy atom. The summed E-state index contributed by atoms with van der Waals surface area (Å²) in [5.41, 5.74) is 1.21. The molecule has 0 aliphatic carbocycles. The number of aromatic hydroxyl groups is 1. The Hall–Kier alpha value is -1.06. The smallest absolute Gasteiger partial charge is 0.115 e. The number of phenols is 1. The molecule has 1 heterocycles. The highest BCUT2D eigenvalue weighted by atomic mass is 16.3. The summed E-state index contributed by atoms with van der Waals surface area (Å²) < 4.78 is 0. The molecule has 3 nitrogen and oxygen atoms in total. The van der Waals surface area contributed by atoms with Gasteiger partial charge in [0.1, 0.15) is 5.75 Å². The molecule has 106 valence electrons. The molecule has 0 amide bonds. The standard InChI is InChI=1S/C16H26N2O/c1-4-15-12-17(3)9-6-10-18(15)13(2)14-7-5-8-16(19)11-14/h5,7-8,11,13,15,19H,4,6,9-10,12H2,1-3H3. The van der Waals surface area contributed by atoms with Crippen molar-refractivity contribution >= 4 is 0 Å². The summed E-state index contributed by atoms with van der Waals surface area (Å²) >= 11 is 0. The van der Waals surface area contributed by atoms with Crippen LogP contribution in [0.5, 0.6) is 5.75 Å². The van der Waals surface area contributed by atoms with Gasteiger partial charge in [-0.05, 0) is 51.1 Å². The average Bonchev–Trinajstić information content (AvgIpc) is 2.59. The van der Waals surface area contributed by atoms with E-state index in [4.69, 9.17) is 0 Å². The molecule has 1 aromatic rings. The zero-order valence-corrected chi connectivity index (χ0v) is 12.3. The van der Waals surface area contributed by atoms with E-state index in [1.54, 1.807) is 6.07 Å². The van der Waals surface area contributed by atoms with Gasteiger partial charge in [-0.1, -0.05) is 19.1 Å². The van der Waals surface area contributed by atoms with Gasteiger partial charge in [-0.2, -0.15) is 0 Å². The largest absolute Gasteiger partial charge is 0.508 e. The fraction of sp³-hybridized carbons (Fsp3) is 0.625. The van der Waals surface area contributed by atoms with Gasteiger partial charge >= 0.3 is 0 Å². The number of rotatable bonds is 3. The van der Waals surface area contributed by atoms with Crippen LogP contribution in [-0.2, 0) is 0 Å². The van der Waals surface area contributed by atoms with Crippen LogP contribution >= 0.6 is 0 Å². The second-order valence-electron chi connectivity index (χ2n) is 5.69. The first kappa shape index (κ1) is 14.4. The lowest BCUT2D eigenvalue weighted by Crippen LogP contribution is -2.41. The highest BCUT2D eigenvalue weighted by Gasteiger charge is 2.26. The van der Waals surface area contributed by atoms with Gasteiger partial charge in [0.2, 0.25) is 0 Å². The summed E-state index contributed by atoms with van der Waals surface area (Å²) in [6.45, 7) is 7.98. The maximum atomic E-state index is 9.65. The highest BCUT2D eigenvalue weighted by Crippen LogP contribution is 2.27. The molecule has 1 saturated heterocycles. The van der Waals surface area contributed by atoms with E-state index in [9.17, 15) is 5.11 Å². The van der Waals surface area contributed by atoms with Gasteiger partial charge in [0.05, 0.1) is 0 Å². The third-order valence-electron chi connectivity index (χ3n) is 4.27. The summed E-state index contributed by atoms with van der Waals surface area (Å²) in [5, 5.41) is 9.65. The second-order valence-corrected chi connectivity index (χ2v) is 5.69. The minimum absolute atomic E-state index is 0.364. The van der Waals surface area contributed by atoms with Crippen LogP contribution in [0.15, 0.2) is 24.3 Å². The van der Waals surface area contributed by atoms with Crippen molar-refractivity contribution in [3.63, 3.8) is 0 Å². The number of likely N-dealkylation sites (N-methyl/N-ethyl adjacent to an activating group) is 1. The predicted octanol–water partition coefficient (Wildman–Crippen LogP) is 2.87. The van der Waals surface area contributed by atoms with E-state index in [0.717, 1.165) is 13.1 Å². The Labute approximate surface area is 116 Å². The zero-order chi connectivity index (χ0) is 13.8. The molecule has 0 aromatic heterocycles. The fourth-order valence-electron chi connectivity index (χ4n) is 3.11. The van der Waals surface area contributed by atoms with Crippen molar-refractivity contribution in [2.45, 2.75) is 38.8 Å². The van der Waals surface area contributed by atoms with Gasteiger partial charge in [0.15, 0.2) is 0 Å². The predicted molar refractivity (Wildman–Crippen MR) is 79.4 cm³/mol. The summed E-state index contributed by atoms with van der Waals surface area (Å²) in [5.74, 6) is 0.365. The molecule has 0 bridgehead atoms. The number of benzene rings is 1. The van der Waals surface area contributed by atoms with Crippen LogP contribution in [-0.4, -0.2) is 47.6 Å². The van der Waals surface area contributed by atoms with Crippen molar-refractivity contribution in [3.05, 3.63) is 29.8 Å². The first-order valence-corrected chi connectivity index (χ1v) is 7.35. The van der Waals surface area contributed by atoms with Crippen molar-refractivity contribution in [2.75, 3.05) is 26.7 Å². The van der Waals surface area contributed by atoms with Crippen molar-refractivity contribution in [1.82, 2.24) is 9.80 Å². The molecule has 1 aromatic carbocycles.